The summed E-state index contributed by atoms with van der Waals surface area (Å²) in [5.74, 6) is 0. The number of nitrogens with one attached hydrogen (secondary N) is 1. The van der Waals surface area contributed by atoms with Crippen molar-refractivity contribution < 1.29 is 5.11 Å². The summed E-state index contributed by atoms with van der Waals surface area (Å²) in [6, 6.07) is 9.25. The van der Waals surface area contributed by atoms with Gasteiger partial charge in [0.15, 0.2) is 0 Å². The average Bonchev–Trinajstić information content (AvgIpc) is 2.42. The number of rotatable bonds is 6. The normalized spacial score (nSPS) is 20.6. The molecule has 0 saturated carbocycles. The predicted octanol–water partition coefficient (Wildman–Crippen LogP) is 1.93. The maximum Gasteiger partial charge on any atom is 0.0443 e. The fourth-order valence-electron chi connectivity index (χ4n) is 2.78. The first-order valence-electron chi connectivity index (χ1n) is 7.40. The Labute approximate surface area is 116 Å². The summed E-state index contributed by atoms with van der Waals surface area (Å²) >= 11 is 0. The van der Waals surface area contributed by atoms with Gasteiger partial charge in [0.05, 0.1) is 0 Å². The zero-order valence-electron chi connectivity index (χ0n) is 11.9. The zero-order chi connectivity index (χ0) is 13.5. The lowest BCUT2D eigenvalue weighted by Crippen LogP contribution is -2.45. The molecule has 1 aliphatic heterocycles. The molecule has 0 aromatic heterocycles. The van der Waals surface area contributed by atoms with E-state index in [0.29, 0.717) is 6.04 Å². The summed E-state index contributed by atoms with van der Waals surface area (Å²) in [4.78, 5) is 2.54. The lowest BCUT2D eigenvalue weighted by Gasteiger charge is -2.33. The van der Waals surface area contributed by atoms with Crippen LogP contribution >= 0.6 is 0 Å². The van der Waals surface area contributed by atoms with Crippen LogP contribution in [0.4, 0.5) is 0 Å². The summed E-state index contributed by atoms with van der Waals surface area (Å²) < 4.78 is 0. The average molecular weight is 262 g/mol. The van der Waals surface area contributed by atoms with Gasteiger partial charge < -0.3 is 10.4 Å². The van der Waals surface area contributed by atoms with E-state index in [1.807, 2.05) is 0 Å². The quantitative estimate of drug-likeness (QED) is 0.769. The van der Waals surface area contributed by atoms with Gasteiger partial charge in [-0.15, -0.1) is 0 Å². The summed E-state index contributed by atoms with van der Waals surface area (Å²) in [5.41, 5.74) is 2.83. The van der Waals surface area contributed by atoms with E-state index in [2.05, 4.69) is 41.4 Å². The van der Waals surface area contributed by atoms with E-state index in [4.69, 9.17) is 5.11 Å². The molecule has 1 unspecified atom stereocenters. The van der Waals surface area contributed by atoms with Gasteiger partial charge in [-0.25, -0.2) is 0 Å². The second-order valence-corrected chi connectivity index (χ2v) is 5.53. The number of piperidine rings is 1. The molecule has 0 radical (unpaired) electrons. The molecule has 106 valence electrons. The van der Waals surface area contributed by atoms with E-state index in [9.17, 15) is 0 Å². The first-order chi connectivity index (χ1) is 9.29. The Bertz CT molecular complexity index is 381. The van der Waals surface area contributed by atoms with Crippen LogP contribution in [-0.4, -0.2) is 42.3 Å². The monoisotopic (exact) mass is 262 g/mol. The van der Waals surface area contributed by atoms with Crippen LogP contribution in [0.15, 0.2) is 24.3 Å². The number of aliphatic hydroxyl groups excluding tert-OH is 1. The Kier molecular flexibility index (Phi) is 5.83. The molecule has 1 aliphatic rings. The largest absolute Gasteiger partial charge is 0.396 e. The second kappa shape index (κ2) is 7.63. The maximum atomic E-state index is 8.82. The lowest BCUT2D eigenvalue weighted by molar-refractivity contribution is 0.180. The molecule has 1 atom stereocenters. The zero-order valence-corrected chi connectivity index (χ0v) is 11.9. The first-order valence-corrected chi connectivity index (χ1v) is 7.40. The second-order valence-electron chi connectivity index (χ2n) is 5.53. The van der Waals surface area contributed by atoms with Crippen molar-refractivity contribution in [2.24, 2.45) is 0 Å². The van der Waals surface area contributed by atoms with Gasteiger partial charge in [-0.05, 0) is 50.4 Å². The van der Waals surface area contributed by atoms with Gasteiger partial charge in [0.25, 0.3) is 0 Å². The van der Waals surface area contributed by atoms with Crippen molar-refractivity contribution in [2.75, 3.05) is 26.2 Å². The minimum Gasteiger partial charge on any atom is -0.396 e. The van der Waals surface area contributed by atoms with Crippen LogP contribution in [0.5, 0.6) is 0 Å². The van der Waals surface area contributed by atoms with E-state index in [1.165, 1.54) is 30.5 Å². The smallest absolute Gasteiger partial charge is 0.0443 e. The van der Waals surface area contributed by atoms with Crippen molar-refractivity contribution in [1.82, 2.24) is 10.2 Å². The van der Waals surface area contributed by atoms with E-state index < -0.39 is 0 Å². The highest BCUT2D eigenvalue weighted by atomic mass is 16.3. The van der Waals surface area contributed by atoms with Gasteiger partial charge in [-0.2, -0.15) is 0 Å². The highest BCUT2D eigenvalue weighted by Gasteiger charge is 2.19. The van der Waals surface area contributed by atoms with Gasteiger partial charge in [0.2, 0.25) is 0 Å². The molecule has 1 fully saturated rings. The van der Waals surface area contributed by atoms with Crippen LogP contribution in [0, 0.1) is 6.92 Å². The number of aliphatic hydroxyl groups is 1. The van der Waals surface area contributed by atoms with E-state index in [1.54, 1.807) is 0 Å². The van der Waals surface area contributed by atoms with Crippen LogP contribution in [0.1, 0.15) is 30.4 Å². The summed E-state index contributed by atoms with van der Waals surface area (Å²) in [6.07, 6.45) is 3.38. The highest BCUT2D eigenvalue weighted by molar-refractivity contribution is 5.25. The third-order valence-corrected chi connectivity index (χ3v) is 3.93. The molecular weight excluding hydrogens is 236 g/mol. The third-order valence-electron chi connectivity index (χ3n) is 3.93. The molecule has 1 heterocycles. The van der Waals surface area contributed by atoms with Crippen LogP contribution in [0.3, 0.4) is 0 Å². The van der Waals surface area contributed by atoms with Crippen molar-refractivity contribution in [1.29, 1.82) is 0 Å². The van der Waals surface area contributed by atoms with Crippen molar-refractivity contribution in [3.63, 3.8) is 0 Å². The molecule has 2 N–H and O–H groups in total. The van der Waals surface area contributed by atoms with Crippen LogP contribution in [0.25, 0.3) is 0 Å². The molecule has 1 saturated heterocycles. The standard InChI is InChI=1S/C16H26N2O/c1-14-6-2-3-7-15(14)12-18-10-4-8-16(13-18)17-9-5-11-19/h2-3,6-7,16-17,19H,4-5,8-13H2,1H3. The van der Waals surface area contributed by atoms with Crippen molar-refractivity contribution in [3.8, 4) is 0 Å². The number of likely N-dealkylation sites (tertiary alicyclic amines) is 1. The summed E-state index contributed by atoms with van der Waals surface area (Å²) in [5, 5.41) is 12.4. The minimum absolute atomic E-state index is 0.284. The topological polar surface area (TPSA) is 35.5 Å². The van der Waals surface area contributed by atoms with Crippen LogP contribution < -0.4 is 5.32 Å². The van der Waals surface area contributed by atoms with Gasteiger partial charge in [0.1, 0.15) is 0 Å². The summed E-state index contributed by atoms with van der Waals surface area (Å²) in [7, 11) is 0. The fraction of sp³-hybridized carbons (Fsp3) is 0.625. The molecular formula is C16H26N2O. The fourth-order valence-corrected chi connectivity index (χ4v) is 2.78. The Morgan fingerprint density at radius 3 is 3.00 bits per heavy atom. The Morgan fingerprint density at radius 2 is 2.21 bits per heavy atom. The SMILES string of the molecule is Cc1ccccc1CN1CCCC(NCCCO)C1. The van der Waals surface area contributed by atoms with Crippen LogP contribution in [0.2, 0.25) is 0 Å². The highest BCUT2D eigenvalue weighted by Crippen LogP contribution is 2.16. The molecule has 0 amide bonds. The van der Waals surface area contributed by atoms with Crippen molar-refractivity contribution in [2.45, 2.75) is 38.8 Å². The number of hydrogen-bond donors (Lipinski definition) is 2. The summed E-state index contributed by atoms with van der Waals surface area (Å²) in [6.45, 7) is 6.79. The molecule has 3 heteroatoms. The molecule has 1 aromatic rings. The molecule has 0 aliphatic carbocycles. The Hall–Kier alpha value is -0.900. The lowest BCUT2D eigenvalue weighted by atomic mass is 10.0. The molecule has 0 bridgehead atoms. The van der Waals surface area contributed by atoms with Gasteiger partial charge >= 0.3 is 0 Å². The molecule has 19 heavy (non-hydrogen) atoms. The van der Waals surface area contributed by atoms with Crippen LogP contribution in [-0.2, 0) is 6.54 Å². The molecule has 2 rings (SSSR count). The number of hydrogen-bond acceptors (Lipinski definition) is 3. The number of benzene rings is 1. The minimum atomic E-state index is 0.284. The molecule has 1 aromatic carbocycles. The Morgan fingerprint density at radius 1 is 1.37 bits per heavy atom. The maximum absolute atomic E-state index is 8.82. The van der Waals surface area contributed by atoms with Crippen molar-refractivity contribution in [3.05, 3.63) is 35.4 Å². The van der Waals surface area contributed by atoms with Crippen molar-refractivity contribution >= 4 is 0 Å². The Balaban J connectivity index is 1.82. The van der Waals surface area contributed by atoms with Gasteiger partial charge in [0, 0.05) is 25.7 Å². The van der Waals surface area contributed by atoms with E-state index in [-0.39, 0.29) is 6.61 Å². The predicted molar refractivity (Wildman–Crippen MR) is 79.2 cm³/mol. The van der Waals surface area contributed by atoms with E-state index >= 15 is 0 Å². The van der Waals surface area contributed by atoms with Gasteiger partial charge in [-0.1, -0.05) is 24.3 Å². The molecule has 3 nitrogen and oxygen atoms in total. The molecule has 0 spiro atoms. The number of aryl methyl sites for hydroxylation is 1. The number of nitrogens with zero attached hydrogens (tertiary/aromatic N) is 1. The van der Waals surface area contributed by atoms with Gasteiger partial charge in [-0.3, -0.25) is 4.90 Å². The third kappa shape index (κ3) is 4.60. The first kappa shape index (κ1) is 14.5. The van der Waals surface area contributed by atoms with E-state index in [0.717, 1.165) is 26.1 Å².